The molecule has 3 nitrogen and oxygen atoms in total. The summed E-state index contributed by atoms with van der Waals surface area (Å²) in [5.74, 6) is 0. The van der Waals surface area contributed by atoms with Gasteiger partial charge in [0.1, 0.15) is 0 Å². The minimum absolute atomic E-state index is 0.154. The molecule has 0 amide bonds. The van der Waals surface area contributed by atoms with Gasteiger partial charge in [-0.2, -0.15) is 0 Å². The Labute approximate surface area is 84.1 Å². The predicted molar refractivity (Wildman–Crippen MR) is 57.3 cm³/mol. The molecule has 0 saturated heterocycles. The lowest BCUT2D eigenvalue weighted by Gasteiger charge is -2.33. The van der Waals surface area contributed by atoms with Gasteiger partial charge in [-0.05, 0) is 18.1 Å². The van der Waals surface area contributed by atoms with Crippen molar-refractivity contribution >= 4 is 5.69 Å². The molecule has 14 heavy (non-hydrogen) atoms. The fourth-order valence-electron chi connectivity index (χ4n) is 2.01. The second-order valence-electron chi connectivity index (χ2n) is 3.66. The lowest BCUT2D eigenvalue weighted by atomic mass is 9.97. The van der Waals surface area contributed by atoms with Crippen molar-refractivity contribution in [3.63, 3.8) is 0 Å². The van der Waals surface area contributed by atoms with Crippen LogP contribution in [-0.4, -0.2) is 24.8 Å². The van der Waals surface area contributed by atoms with Gasteiger partial charge in [0.15, 0.2) is 0 Å². The summed E-state index contributed by atoms with van der Waals surface area (Å²) in [6.07, 6.45) is 0.969. The van der Waals surface area contributed by atoms with Crippen molar-refractivity contribution in [2.75, 3.05) is 24.6 Å². The molecule has 1 aliphatic heterocycles. The third-order valence-corrected chi connectivity index (χ3v) is 2.76. The van der Waals surface area contributed by atoms with Gasteiger partial charge in [-0.25, -0.2) is 0 Å². The Kier molecular flexibility index (Phi) is 2.70. The van der Waals surface area contributed by atoms with Crippen LogP contribution >= 0.6 is 0 Å². The molecule has 3 heteroatoms. The Morgan fingerprint density at radius 1 is 1.43 bits per heavy atom. The van der Waals surface area contributed by atoms with Gasteiger partial charge in [-0.3, -0.25) is 0 Å². The summed E-state index contributed by atoms with van der Waals surface area (Å²) in [5, 5.41) is 8.94. The molecule has 1 unspecified atom stereocenters. The van der Waals surface area contributed by atoms with Gasteiger partial charge in [0, 0.05) is 24.8 Å². The third kappa shape index (κ3) is 1.61. The number of benzene rings is 1. The number of rotatable bonds is 2. The Morgan fingerprint density at radius 3 is 3.00 bits per heavy atom. The van der Waals surface area contributed by atoms with Crippen molar-refractivity contribution in [2.24, 2.45) is 5.73 Å². The number of fused-ring (bicyclic) bond motifs is 1. The molecule has 0 spiro atoms. The monoisotopic (exact) mass is 192 g/mol. The Bertz CT molecular complexity index is 314. The maximum Gasteiger partial charge on any atom is 0.0606 e. The van der Waals surface area contributed by atoms with Crippen molar-refractivity contribution < 1.29 is 5.11 Å². The Hall–Kier alpha value is -1.06. The fraction of sp³-hybridized carbons (Fsp3) is 0.455. The molecule has 0 fully saturated rings. The highest BCUT2D eigenvalue weighted by molar-refractivity contribution is 5.56. The minimum Gasteiger partial charge on any atom is -0.395 e. The third-order valence-electron chi connectivity index (χ3n) is 2.76. The van der Waals surface area contributed by atoms with Gasteiger partial charge >= 0.3 is 0 Å². The first-order chi connectivity index (χ1) is 6.83. The number of hydrogen-bond donors (Lipinski definition) is 2. The molecule has 0 radical (unpaired) electrons. The van der Waals surface area contributed by atoms with Crippen LogP contribution in [0.5, 0.6) is 0 Å². The molecule has 2 rings (SSSR count). The zero-order chi connectivity index (χ0) is 9.97. The molecule has 0 aliphatic carbocycles. The molecule has 76 valence electrons. The van der Waals surface area contributed by atoms with Crippen LogP contribution in [0, 0.1) is 0 Å². The van der Waals surface area contributed by atoms with Crippen LogP contribution in [0.2, 0.25) is 0 Å². The van der Waals surface area contributed by atoms with Gasteiger partial charge in [-0.15, -0.1) is 0 Å². The Morgan fingerprint density at radius 2 is 2.21 bits per heavy atom. The molecule has 1 heterocycles. The number of anilines is 1. The number of nitrogens with zero attached hydrogens (tertiary/aromatic N) is 1. The van der Waals surface area contributed by atoms with Crippen molar-refractivity contribution in [3.05, 3.63) is 29.8 Å². The van der Waals surface area contributed by atoms with E-state index in [9.17, 15) is 0 Å². The van der Waals surface area contributed by atoms with E-state index in [2.05, 4.69) is 17.0 Å². The van der Waals surface area contributed by atoms with Gasteiger partial charge in [0.2, 0.25) is 0 Å². The smallest absolute Gasteiger partial charge is 0.0606 e. The van der Waals surface area contributed by atoms with E-state index in [1.54, 1.807) is 0 Å². The number of nitrogens with two attached hydrogens (primary N) is 1. The van der Waals surface area contributed by atoms with Crippen molar-refractivity contribution in [3.8, 4) is 0 Å². The summed E-state index contributed by atoms with van der Waals surface area (Å²) >= 11 is 0. The van der Waals surface area contributed by atoms with Crippen LogP contribution < -0.4 is 10.6 Å². The van der Waals surface area contributed by atoms with Crippen LogP contribution in [0.15, 0.2) is 24.3 Å². The molecule has 1 aromatic carbocycles. The zero-order valence-electron chi connectivity index (χ0n) is 8.19. The van der Waals surface area contributed by atoms with Gasteiger partial charge in [0.05, 0.1) is 6.61 Å². The number of β-amino-alcohol motifs (C(OH)–C–C–N with tert-alkyl or cyclic N) is 1. The average molecular weight is 192 g/mol. The molecular formula is C11H16N2O. The predicted octanol–water partition coefficient (Wildman–Crippen LogP) is 0.889. The van der Waals surface area contributed by atoms with Gasteiger partial charge < -0.3 is 15.7 Å². The molecular weight excluding hydrogens is 176 g/mol. The molecule has 1 atom stereocenters. The molecule has 1 aliphatic rings. The van der Waals surface area contributed by atoms with Gasteiger partial charge in [0.25, 0.3) is 0 Å². The van der Waals surface area contributed by atoms with E-state index >= 15 is 0 Å². The molecule has 1 aromatic rings. The van der Waals surface area contributed by atoms with E-state index < -0.39 is 0 Å². The number of aliphatic hydroxyl groups is 1. The number of aliphatic hydroxyl groups excluding tert-OH is 1. The normalized spacial score (nSPS) is 20.7. The van der Waals surface area contributed by atoms with Crippen molar-refractivity contribution in [1.29, 1.82) is 0 Å². The standard InChI is InChI=1S/C11H16N2O/c12-10-5-6-13(7-8-14)11-4-2-1-3-9(10)11/h1-4,10,14H,5-8,12H2. The van der Waals surface area contributed by atoms with Crippen LogP contribution in [0.1, 0.15) is 18.0 Å². The maximum absolute atomic E-state index is 8.94. The van der Waals surface area contributed by atoms with Crippen molar-refractivity contribution in [1.82, 2.24) is 0 Å². The first-order valence-corrected chi connectivity index (χ1v) is 5.03. The van der Waals surface area contributed by atoms with Crippen LogP contribution in [0.4, 0.5) is 5.69 Å². The summed E-state index contributed by atoms with van der Waals surface area (Å²) < 4.78 is 0. The highest BCUT2D eigenvalue weighted by Gasteiger charge is 2.21. The molecule has 3 N–H and O–H groups in total. The number of hydrogen-bond acceptors (Lipinski definition) is 3. The van der Waals surface area contributed by atoms with E-state index in [0.717, 1.165) is 13.0 Å². The van der Waals surface area contributed by atoms with Crippen LogP contribution in [-0.2, 0) is 0 Å². The Balaban J connectivity index is 2.31. The van der Waals surface area contributed by atoms with E-state index in [1.807, 2.05) is 12.1 Å². The molecule has 0 saturated carbocycles. The topological polar surface area (TPSA) is 49.5 Å². The summed E-state index contributed by atoms with van der Waals surface area (Å²) in [7, 11) is 0. The summed E-state index contributed by atoms with van der Waals surface area (Å²) in [6, 6.07) is 8.33. The van der Waals surface area contributed by atoms with E-state index in [-0.39, 0.29) is 12.6 Å². The fourth-order valence-corrected chi connectivity index (χ4v) is 2.01. The molecule has 0 aromatic heterocycles. The lowest BCUT2D eigenvalue weighted by Crippen LogP contribution is -2.35. The summed E-state index contributed by atoms with van der Waals surface area (Å²) in [5.41, 5.74) is 8.40. The summed E-state index contributed by atoms with van der Waals surface area (Å²) in [4.78, 5) is 2.19. The number of para-hydroxylation sites is 1. The van der Waals surface area contributed by atoms with Crippen LogP contribution in [0.25, 0.3) is 0 Å². The van der Waals surface area contributed by atoms with Crippen molar-refractivity contribution in [2.45, 2.75) is 12.5 Å². The van der Waals surface area contributed by atoms with Gasteiger partial charge in [-0.1, -0.05) is 18.2 Å². The zero-order valence-corrected chi connectivity index (χ0v) is 8.19. The largest absolute Gasteiger partial charge is 0.395 e. The van der Waals surface area contributed by atoms with E-state index in [0.29, 0.717) is 6.54 Å². The second-order valence-corrected chi connectivity index (χ2v) is 3.66. The highest BCUT2D eigenvalue weighted by Crippen LogP contribution is 2.31. The average Bonchev–Trinajstić information content (AvgIpc) is 2.23. The highest BCUT2D eigenvalue weighted by atomic mass is 16.3. The quantitative estimate of drug-likeness (QED) is 0.731. The second kappa shape index (κ2) is 3.98. The van der Waals surface area contributed by atoms with Crippen LogP contribution in [0.3, 0.4) is 0 Å². The SMILES string of the molecule is NC1CCN(CCO)c2ccccc21. The first-order valence-electron chi connectivity index (χ1n) is 5.03. The minimum atomic E-state index is 0.154. The maximum atomic E-state index is 8.94. The lowest BCUT2D eigenvalue weighted by molar-refractivity contribution is 0.300. The first kappa shape index (κ1) is 9.49. The van der Waals surface area contributed by atoms with E-state index in [4.69, 9.17) is 10.8 Å². The summed E-state index contributed by atoms with van der Waals surface area (Å²) in [6.45, 7) is 1.84. The van der Waals surface area contributed by atoms with E-state index in [1.165, 1.54) is 11.3 Å². The molecule has 0 bridgehead atoms.